The highest BCUT2D eigenvalue weighted by Crippen LogP contribution is 2.27. The van der Waals surface area contributed by atoms with Crippen molar-refractivity contribution in [3.63, 3.8) is 0 Å². The zero-order valence-electron chi connectivity index (χ0n) is 23.8. The molecule has 0 saturated heterocycles. The number of aromatic nitrogens is 2. The van der Waals surface area contributed by atoms with Crippen LogP contribution in [0.4, 0.5) is 14.5 Å². The third-order valence-corrected chi connectivity index (χ3v) is 6.52. The number of pyridine rings is 1. The third-order valence-electron chi connectivity index (χ3n) is 6.52. The molecule has 1 atom stereocenters. The smallest absolute Gasteiger partial charge is 0.274 e. The Morgan fingerprint density at radius 1 is 1.11 bits per heavy atom. The van der Waals surface area contributed by atoms with E-state index in [1.807, 2.05) is 12.1 Å². The fourth-order valence-electron chi connectivity index (χ4n) is 4.44. The number of aromatic amines is 1. The van der Waals surface area contributed by atoms with Gasteiger partial charge >= 0.3 is 0 Å². The van der Waals surface area contributed by atoms with Gasteiger partial charge in [0.2, 0.25) is 17.7 Å². The van der Waals surface area contributed by atoms with Gasteiger partial charge in [0.1, 0.15) is 42.3 Å². The number of methoxy groups -OCH3 is 1. The van der Waals surface area contributed by atoms with Crippen LogP contribution in [0.25, 0.3) is 10.9 Å². The molecule has 2 aromatic heterocycles. The summed E-state index contributed by atoms with van der Waals surface area (Å²) in [4.78, 5) is 52.6. The Bertz CT molecular complexity index is 1750. The Morgan fingerprint density at radius 3 is 2.68 bits per heavy atom. The molecule has 11 nitrogen and oxygen atoms in total. The number of carbonyl (C=O) groups excluding carboxylic acids is 3. The van der Waals surface area contributed by atoms with Gasteiger partial charge in [0, 0.05) is 36.0 Å². The SMILES string of the molecule is COCC(=O)NC(CC/C=C/C(N)=O)C(=O)Nc1cccn(Cc2cc3cccc(OCc4ccc(F)cc4F)c3[nH]2)c1=O. The summed E-state index contributed by atoms with van der Waals surface area (Å²) in [5.74, 6) is -2.73. The highest BCUT2D eigenvalue weighted by molar-refractivity contribution is 5.97. The number of anilines is 1. The van der Waals surface area contributed by atoms with Crippen molar-refractivity contribution in [3.05, 3.63) is 106 Å². The molecule has 4 rings (SSSR count). The first-order valence-electron chi connectivity index (χ1n) is 13.6. The maximum Gasteiger partial charge on any atom is 0.274 e. The largest absolute Gasteiger partial charge is 0.487 e. The number of carbonyl (C=O) groups is 3. The Morgan fingerprint density at radius 2 is 1.93 bits per heavy atom. The van der Waals surface area contributed by atoms with E-state index >= 15 is 0 Å². The highest BCUT2D eigenvalue weighted by atomic mass is 19.1. The van der Waals surface area contributed by atoms with Crippen molar-refractivity contribution < 1.29 is 32.6 Å². The van der Waals surface area contributed by atoms with Crippen LogP contribution in [0, 0.1) is 11.6 Å². The highest BCUT2D eigenvalue weighted by Gasteiger charge is 2.21. The quantitative estimate of drug-likeness (QED) is 0.161. The summed E-state index contributed by atoms with van der Waals surface area (Å²) in [6.45, 7) is -0.260. The molecule has 44 heavy (non-hydrogen) atoms. The maximum atomic E-state index is 14.1. The summed E-state index contributed by atoms with van der Waals surface area (Å²) in [6.07, 6.45) is 4.60. The second-order valence-corrected chi connectivity index (χ2v) is 9.82. The maximum absolute atomic E-state index is 14.1. The number of H-pyrrole nitrogens is 1. The van der Waals surface area contributed by atoms with Gasteiger partial charge in [0.25, 0.3) is 5.56 Å². The van der Waals surface area contributed by atoms with Gasteiger partial charge in [-0.3, -0.25) is 19.2 Å². The minimum atomic E-state index is -1.02. The van der Waals surface area contributed by atoms with E-state index in [4.69, 9.17) is 15.2 Å². The van der Waals surface area contributed by atoms with E-state index in [0.717, 1.165) is 23.6 Å². The summed E-state index contributed by atoms with van der Waals surface area (Å²) in [7, 11) is 1.34. The molecular formula is C31H31F2N5O6. The first kappa shape index (κ1) is 31.6. The van der Waals surface area contributed by atoms with Crippen LogP contribution >= 0.6 is 0 Å². The van der Waals surface area contributed by atoms with Crippen LogP contribution in [0.15, 0.2) is 77.7 Å². The van der Waals surface area contributed by atoms with Gasteiger partial charge in [-0.05, 0) is 55.3 Å². The van der Waals surface area contributed by atoms with Gasteiger partial charge in [-0.2, -0.15) is 0 Å². The van der Waals surface area contributed by atoms with E-state index in [2.05, 4.69) is 15.6 Å². The van der Waals surface area contributed by atoms with Crippen molar-refractivity contribution in [2.45, 2.75) is 32.0 Å². The second-order valence-electron chi connectivity index (χ2n) is 9.82. The topological polar surface area (TPSA) is 158 Å². The molecule has 0 saturated carbocycles. The molecule has 5 N–H and O–H groups in total. The van der Waals surface area contributed by atoms with E-state index < -0.39 is 41.0 Å². The number of amides is 3. The lowest BCUT2D eigenvalue weighted by molar-refractivity contribution is -0.129. The third kappa shape index (κ3) is 8.38. The van der Waals surface area contributed by atoms with Crippen molar-refractivity contribution in [3.8, 4) is 5.75 Å². The minimum Gasteiger partial charge on any atom is -0.487 e. The van der Waals surface area contributed by atoms with Crippen molar-refractivity contribution >= 4 is 34.3 Å². The van der Waals surface area contributed by atoms with Crippen LogP contribution in [0.3, 0.4) is 0 Å². The molecule has 0 radical (unpaired) electrons. The minimum absolute atomic E-state index is 0.00220. The second kappa shape index (κ2) is 14.7. The van der Waals surface area contributed by atoms with E-state index in [0.29, 0.717) is 17.0 Å². The molecule has 2 heterocycles. The fourth-order valence-corrected chi connectivity index (χ4v) is 4.44. The van der Waals surface area contributed by atoms with Gasteiger partial charge in [-0.1, -0.05) is 18.2 Å². The molecule has 3 amide bonds. The van der Waals surface area contributed by atoms with Crippen molar-refractivity contribution in [1.29, 1.82) is 0 Å². The van der Waals surface area contributed by atoms with Gasteiger partial charge in [-0.25, -0.2) is 8.78 Å². The van der Waals surface area contributed by atoms with Crippen LogP contribution in [0.2, 0.25) is 0 Å². The van der Waals surface area contributed by atoms with E-state index in [9.17, 15) is 28.0 Å². The molecule has 0 spiro atoms. The monoisotopic (exact) mass is 607 g/mol. The molecule has 4 aromatic rings. The molecule has 2 aromatic carbocycles. The van der Waals surface area contributed by atoms with Gasteiger partial charge in [-0.15, -0.1) is 0 Å². The Balaban J connectivity index is 1.48. The summed E-state index contributed by atoms with van der Waals surface area (Å²) >= 11 is 0. The van der Waals surface area contributed by atoms with E-state index in [1.54, 1.807) is 24.4 Å². The van der Waals surface area contributed by atoms with Gasteiger partial charge in [0.15, 0.2) is 0 Å². The predicted octanol–water partition coefficient (Wildman–Crippen LogP) is 3.13. The molecule has 0 aliphatic rings. The number of benzene rings is 2. The molecule has 0 bridgehead atoms. The molecule has 13 heteroatoms. The summed E-state index contributed by atoms with van der Waals surface area (Å²) < 4.78 is 39.3. The van der Waals surface area contributed by atoms with Crippen molar-refractivity contribution in [2.75, 3.05) is 19.0 Å². The average molecular weight is 608 g/mol. The predicted molar refractivity (Wildman–Crippen MR) is 159 cm³/mol. The number of rotatable bonds is 14. The number of primary amides is 1. The number of nitrogens with one attached hydrogen (secondary N) is 3. The summed E-state index contributed by atoms with van der Waals surface area (Å²) in [5.41, 5.74) is 6.08. The van der Waals surface area contributed by atoms with Gasteiger partial charge < -0.3 is 35.4 Å². The van der Waals surface area contributed by atoms with E-state index in [-0.39, 0.29) is 43.9 Å². The summed E-state index contributed by atoms with van der Waals surface area (Å²) in [5, 5.41) is 5.93. The number of nitrogens with two attached hydrogens (primary N) is 1. The first-order chi connectivity index (χ1) is 21.1. The molecule has 230 valence electrons. The molecule has 0 aliphatic carbocycles. The van der Waals surface area contributed by atoms with Crippen LogP contribution < -0.4 is 26.7 Å². The lowest BCUT2D eigenvalue weighted by Gasteiger charge is -2.18. The van der Waals surface area contributed by atoms with Crippen LogP contribution in [0.5, 0.6) is 5.75 Å². The van der Waals surface area contributed by atoms with Crippen LogP contribution in [-0.2, 0) is 32.3 Å². The summed E-state index contributed by atoms with van der Waals surface area (Å²) in [6, 6.07) is 12.5. The number of hydrogen-bond acceptors (Lipinski definition) is 6. The first-order valence-corrected chi connectivity index (χ1v) is 13.6. The number of fused-ring (bicyclic) bond motifs is 1. The van der Waals surface area contributed by atoms with Crippen LogP contribution in [0.1, 0.15) is 24.1 Å². The zero-order valence-corrected chi connectivity index (χ0v) is 23.8. The number of ether oxygens (including phenoxy) is 2. The average Bonchev–Trinajstić information content (AvgIpc) is 3.39. The Kier molecular flexibility index (Phi) is 10.6. The number of allylic oxidation sites excluding steroid dienone is 1. The fraction of sp³-hybridized carbons (Fsp3) is 0.226. The lowest BCUT2D eigenvalue weighted by Crippen LogP contribution is -2.45. The standard InChI is InChI=1S/C31H31F2N5O6/c1-43-18-28(40)36-24(7-2-3-10-27(34)39)30(41)37-25-8-5-13-38(31(25)42)16-22-14-19-6-4-9-26(29(19)35-22)44-17-20-11-12-21(32)15-23(20)33/h3-6,8-15,24,35H,2,7,16-18H2,1H3,(H2,34,39)(H,36,40)(H,37,41)/b10-3+. The number of para-hydroxylation sites is 1. The molecule has 1 unspecified atom stereocenters. The van der Waals surface area contributed by atoms with Crippen molar-refractivity contribution in [2.24, 2.45) is 5.73 Å². The number of halogens is 2. The zero-order chi connectivity index (χ0) is 31.6. The lowest BCUT2D eigenvalue weighted by atomic mass is 10.1. The van der Waals surface area contributed by atoms with E-state index in [1.165, 1.54) is 29.9 Å². The number of hydrogen-bond donors (Lipinski definition) is 4. The molecular weight excluding hydrogens is 576 g/mol. The normalized spacial score (nSPS) is 11.9. The molecule has 0 aliphatic heterocycles. The van der Waals surface area contributed by atoms with Gasteiger partial charge in [0.05, 0.1) is 12.1 Å². The Hall–Kier alpha value is -5.30. The Labute approximate surface area is 250 Å². The number of nitrogens with zero attached hydrogens (tertiary/aromatic N) is 1. The molecule has 0 fully saturated rings. The van der Waals surface area contributed by atoms with Crippen molar-refractivity contribution in [1.82, 2.24) is 14.9 Å². The van der Waals surface area contributed by atoms with Crippen LogP contribution in [-0.4, -0.2) is 47.0 Å².